The molecular weight excluding hydrogens is 310 g/mol. The molecule has 0 spiro atoms. The van der Waals surface area contributed by atoms with E-state index in [4.69, 9.17) is 4.74 Å². The summed E-state index contributed by atoms with van der Waals surface area (Å²) in [6.07, 6.45) is 2.99. The highest BCUT2D eigenvalue weighted by Crippen LogP contribution is 2.36. The van der Waals surface area contributed by atoms with Crippen molar-refractivity contribution in [2.24, 2.45) is 0 Å². The molecule has 0 aliphatic rings. The van der Waals surface area contributed by atoms with E-state index in [2.05, 4.69) is 15.4 Å². The Bertz CT molecular complexity index is 806. The number of anilines is 2. The van der Waals surface area contributed by atoms with Crippen LogP contribution in [0.1, 0.15) is 0 Å². The molecule has 0 aliphatic heterocycles. The van der Waals surface area contributed by atoms with Gasteiger partial charge in [-0.15, -0.1) is 0 Å². The molecule has 2 aromatic carbocycles. The van der Waals surface area contributed by atoms with Crippen molar-refractivity contribution in [3.8, 4) is 5.75 Å². The quantitative estimate of drug-likeness (QED) is 0.530. The van der Waals surface area contributed by atoms with Crippen LogP contribution in [0.2, 0.25) is 0 Å². The Hall–Kier alpha value is -3.42. The number of nitrogens with zero attached hydrogens (tertiary/aromatic N) is 4. The number of aromatic nitrogens is 3. The number of benzene rings is 2. The average Bonchev–Trinajstić information content (AvgIpc) is 3.10. The van der Waals surface area contributed by atoms with Gasteiger partial charge in [0.1, 0.15) is 19.3 Å². The van der Waals surface area contributed by atoms with Crippen molar-refractivity contribution in [3.05, 3.63) is 71.3 Å². The van der Waals surface area contributed by atoms with Gasteiger partial charge < -0.3 is 10.1 Å². The zero-order valence-electron chi connectivity index (χ0n) is 12.7. The van der Waals surface area contributed by atoms with Gasteiger partial charge in [-0.05, 0) is 18.2 Å². The van der Waals surface area contributed by atoms with Crippen LogP contribution >= 0.6 is 0 Å². The highest BCUT2D eigenvalue weighted by molar-refractivity contribution is 5.72. The van der Waals surface area contributed by atoms with Gasteiger partial charge in [0, 0.05) is 11.8 Å². The second-order valence-electron chi connectivity index (χ2n) is 4.91. The summed E-state index contributed by atoms with van der Waals surface area (Å²) < 4.78 is 7.28. The first-order valence-corrected chi connectivity index (χ1v) is 7.29. The number of rotatable bonds is 7. The lowest BCUT2D eigenvalue weighted by Gasteiger charge is -2.13. The van der Waals surface area contributed by atoms with Crippen molar-refractivity contribution >= 4 is 17.1 Å². The maximum atomic E-state index is 11.3. The maximum Gasteiger partial charge on any atom is 0.313 e. The van der Waals surface area contributed by atoms with E-state index in [1.807, 2.05) is 30.3 Å². The van der Waals surface area contributed by atoms with Crippen LogP contribution < -0.4 is 10.1 Å². The molecule has 24 heavy (non-hydrogen) atoms. The predicted octanol–water partition coefficient (Wildman–Crippen LogP) is 3.01. The van der Waals surface area contributed by atoms with Crippen LogP contribution in [0.3, 0.4) is 0 Å². The lowest BCUT2D eigenvalue weighted by atomic mass is 10.2. The SMILES string of the molecule is O=[N+]([O-])c1cccc(Nc2ccccc2)c1OCCn1cncn1. The largest absolute Gasteiger partial charge is 0.483 e. The summed E-state index contributed by atoms with van der Waals surface area (Å²) in [6.45, 7) is 0.675. The Morgan fingerprint density at radius 2 is 2.00 bits per heavy atom. The van der Waals surface area contributed by atoms with E-state index in [1.54, 1.807) is 23.1 Å². The Kier molecular flexibility index (Phi) is 4.66. The Labute approximate surface area is 137 Å². The fourth-order valence-electron chi connectivity index (χ4n) is 2.19. The van der Waals surface area contributed by atoms with E-state index in [1.165, 1.54) is 12.4 Å². The maximum absolute atomic E-state index is 11.3. The standard InChI is InChI=1S/C16H15N5O3/c22-21(23)15-8-4-7-14(19-13-5-2-1-3-6-13)16(15)24-10-9-20-12-17-11-18-20/h1-8,11-12,19H,9-10H2. The molecule has 8 heteroatoms. The fourth-order valence-corrected chi connectivity index (χ4v) is 2.19. The normalized spacial score (nSPS) is 10.3. The molecule has 0 amide bonds. The van der Waals surface area contributed by atoms with Crippen molar-refractivity contribution in [1.82, 2.24) is 14.8 Å². The first-order chi connectivity index (χ1) is 11.7. The summed E-state index contributed by atoms with van der Waals surface area (Å²) in [5, 5.41) is 18.4. The number of ether oxygens (including phenoxy) is 1. The summed E-state index contributed by atoms with van der Waals surface area (Å²) >= 11 is 0. The molecule has 122 valence electrons. The lowest BCUT2D eigenvalue weighted by Crippen LogP contribution is -2.10. The minimum atomic E-state index is -0.457. The molecule has 3 aromatic rings. The molecule has 0 fully saturated rings. The third-order valence-corrected chi connectivity index (χ3v) is 3.28. The van der Waals surface area contributed by atoms with Gasteiger partial charge in [-0.3, -0.25) is 10.1 Å². The van der Waals surface area contributed by atoms with Crippen molar-refractivity contribution in [2.45, 2.75) is 6.54 Å². The van der Waals surface area contributed by atoms with Gasteiger partial charge in [0.2, 0.25) is 5.75 Å². The molecule has 8 nitrogen and oxygen atoms in total. The second kappa shape index (κ2) is 7.23. The van der Waals surface area contributed by atoms with Crippen LogP contribution in [0.5, 0.6) is 5.75 Å². The molecule has 0 bridgehead atoms. The lowest BCUT2D eigenvalue weighted by molar-refractivity contribution is -0.385. The number of hydrogen-bond donors (Lipinski definition) is 1. The summed E-state index contributed by atoms with van der Waals surface area (Å²) in [6, 6.07) is 14.2. The van der Waals surface area contributed by atoms with Gasteiger partial charge in [-0.1, -0.05) is 24.3 Å². The first kappa shape index (κ1) is 15.5. The van der Waals surface area contributed by atoms with Crippen molar-refractivity contribution in [1.29, 1.82) is 0 Å². The van der Waals surface area contributed by atoms with Crippen molar-refractivity contribution in [2.75, 3.05) is 11.9 Å². The molecule has 0 aliphatic carbocycles. The van der Waals surface area contributed by atoms with Crippen LogP contribution in [-0.2, 0) is 6.54 Å². The number of para-hydroxylation sites is 2. The highest BCUT2D eigenvalue weighted by atomic mass is 16.6. The molecule has 1 aromatic heterocycles. The van der Waals surface area contributed by atoms with Crippen LogP contribution in [0.4, 0.5) is 17.1 Å². The van der Waals surface area contributed by atoms with Crippen LogP contribution in [0, 0.1) is 10.1 Å². The monoisotopic (exact) mass is 325 g/mol. The van der Waals surface area contributed by atoms with Crippen LogP contribution in [-0.4, -0.2) is 26.3 Å². The molecule has 0 saturated heterocycles. The van der Waals surface area contributed by atoms with Crippen LogP contribution in [0.15, 0.2) is 61.2 Å². The Balaban J connectivity index is 1.82. The molecular formula is C16H15N5O3. The van der Waals surface area contributed by atoms with Crippen LogP contribution in [0.25, 0.3) is 0 Å². The summed E-state index contributed by atoms with van der Waals surface area (Å²) in [5.41, 5.74) is 1.27. The van der Waals surface area contributed by atoms with Crippen molar-refractivity contribution in [3.63, 3.8) is 0 Å². The van der Waals surface area contributed by atoms with E-state index in [0.717, 1.165) is 5.69 Å². The molecule has 0 atom stereocenters. The number of nitrogens with one attached hydrogen (secondary N) is 1. The van der Waals surface area contributed by atoms with E-state index >= 15 is 0 Å². The first-order valence-electron chi connectivity index (χ1n) is 7.29. The predicted molar refractivity (Wildman–Crippen MR) is 88.3 cm³/mol. The Morgan fingerprint density at radius 1 is 1.17 bits per heavy atom. The van der Waals surface area contributed by atoms with Crippen molar-refractivity contribution < 1.29 is 9.66 Å². The molecule has 0 unspecified atom stereocenters. The number of nitro benzene ring substituents is 1. The Morgan fingerprint density at radius 3 is 2.71 bits per heavy atom. The summed E-state index contributed by atoms with van der Waals surface area (Å²) in [5.74, 6) is 0.200. The molecule has 0 radical (unpaired) electrons. The number of nitro groups is 1. The zero-order valence-corrected chi connectivity index (χ0v) is 12.7. The summed E-state index contributed by atoms with van der Waals surface area (Å²) in [7, 11) is 0. The second-order valence-corrected chi connectivity index (χ2v) is 4.91. The van der Waals surface area contributed by atoms with Gasteiger partial charge in [0.15, 0.2) is 0 Å². The smallest absolute Gasteiger partial charge is 0.313 e. The summed E-state index contributed by atoms with van der Waals surface area (Å²) in [4.78, 5) is 14.7. The topological polar surface area (TPSA) is 95.1 Å². The third kappa shape index (κ3) is 3.67. The van der Waals surface area contributed by atoms with E-state index in [9.17, 15) is 10.1 Å². The van der Waals surface area contributed by atoms with Gasteiger partial charge in [0.25, 0.3) is 0 Å². The molecule has 3 rings (SSSR count). The van der Waals surface area contributed by atoms with E-state index < -0.39 is 4.92 Å². The fraction of sp³-hybridized carbons (Fsp3) is 0.125. The van der Waals surface area contributed by atoms with Gasteiger partial charge in [-0.2, -0.15) is 5.10 Å². The minimum Gasteiger partial charge on any atom is -0.483 e. The number of hydrogen-bond acceptors (Lipinski definition) is 6. The molecule has 0 saturated carbocycles. The molecule has 1 heterocycles. The minimum absolute atomic E-state index is 0.0884. The molecule has 1 N–H and O–H groups in total. The van der Waals surface area contributed by atoms with Gasteiger partial charge in [0.05, 0.1) is 17.2 Å². The third-order valence-electron chi connectivity index (χ3n) is 3.28. The average molecular weight is 325 g/mol. The highest BCUT2D eigenvalue weighted by Gasteiger charge is 2.19. The van der Waals surface area contributed by atoms with E-state index in [-0.39, 0.29) is 18.0 Å². The zero-order chi connectivity index (χ0) is 16.8. The van der Waals surface area contributed by atoms with Gasteiger partial charge in [-0.25, -0.2) is 9.67 Å². The van der Waals surface area contributed by atoms with Gasteiger partial charge >= 0.3 is 5.69 Å². The van der Waals surface area contributed by atoms with E-state index in [0.29, 0.717) is 12.2 Å².